The van der Waals surface area contributed by atoms with E-state index in [9.17, 15) is 18.4 Å². The molecule has 0 saturated carbocycles. The number of rotatable bonds is 4. The van der Waals surface area contributed by atoms with E-state index in [1.54, 1.807) is 0 Å². The van der Waals surface area contributed by atoms with Gasteiger partial charge in [-0.25, -0.2) is 13.8 Å². The summed E-state index contributed by atoms with van der Waals surface area (Å²) in [6.45, 7) is -0.332. The van der Waals surface area contributed by atoms with Gasteiger partial charge in [0.15, 0.2) is 11.2 Å². The number of nitrogens with one attached hydrogen (secondary N) is 1. The van der Waals surface area contributed by atoms with E-state index in [0.29, 0.717) is 5.69 Å². The van der Waals surface area contributed by atoms with Crippen LogP contribution < -0.4 is 10.9 Å². The van der Waals surface area contributed by atoms with E-state index in [1.165, 1.54) is 53.5 Å². The second-order valence-electron chi connectivity index (χ2n) is 5.89. The molecule has 4 aromatic rings. The van der Waals surface area contributed by atoms with Gasteiger partial charge in [0.2, 0.25) is 5.91 Å². The molecule has 0 unspecified atom stereocenters. The number of nitrogens with zero attached hydrogens (tertiary/aromatic N) is 5. The lowest BCUT2D eigenvalue weighted by Crippen LogP contribution is -2.28. The van der Waals surface area contributed by atoms with Crippen molar-refractivity contribution in [2.45, 2.75) is 6.54 Å². The van der Waals surface area contributed by atoms with Gasteiger partial charge in [0.05, 0.1) is 5.69 Å². The fraction of sp³-hybridized carbons (Fsp3) is 0.0556. The Kier molecular flexibility index (Phi) is 4.36. The van der Waals surface area contributed by atoms with E-state index in [-0.39, 0.29) is 23.4 Å². The molecule has 1 amide bonds. The molecule has 2 aromatic carbocycles. The number of aromatic nitrogens is 5. The number of hydrogen-bond acceptors (Lipinski definition) is 5. The molecule has 0 bridgehead atoms. The summed E-state index contributed by atoms with van der Waals surface area (Å²) in [4.78, 5) is 28.9. The van der Waals surface area contributed by atoms with Crippen LogP contribution in [0.4, 0.5) is 14.5 Å². The van der Waals surface area contributed by atoms with Crippen LogP contribution in [-0.4, -0.2) is 30.5 Å². The second kappa shape index (κ2) is 6.99. The van der Waals surface area contributed by atoms with Crippen molar-refractivity contribution in [1.82, 2.24) is 24.5 Å². The maximum absolute atomic E-state index is 13.2. The summed E-state index contributed by atoms with van der Waals surface area (Å²) < 4.78 is 28.6. The normalized spacial score (nSPS) is 10.9. The Morgan fingerprint density at radius 2 is 1.86 bits per heavy atom. The predicted octanol–water partition coefficient (Wildman–Crippen LogP) is 1.89. The van der Waals surface area contributed by atoms with Gasteiger partial charge in [-0.15, -0.1) is 5.10 Å². The summed E-state index contributed by atoms with van der Waals surface area (Å²) in [5.74, 6) is -1.43. The Morgan fingerprint density at radius 3 is 2.61 bits per heavy atom. The minimum atomic E-state index is -0.562. The van der Waals surface area contributed by atoms with E-state index in [2.05, 4.69) is 20.6 Å². The second-order valence-corrected chi connectivity index (χ2v) is 5.89. The summed E-state index contributed by atoms with van der Waals surface area (Å²) >= 11 is 0. The lowest BCUT2D eigenvalue weighted by molar-refractivity contribution is -0.116. The molecule has 2 aromatic heterocycles. The molecule has 0 fully saturated rings. The highest BCUT2D eigenvalue weighted by Gasteiger charge is 2.15. The Morgan fingerprint density at radius 1 is 1.07 bits per heavy atom. The number of carbonyl (C=O) groups excluding carboxylic acids is 1. The quantitative estimate of drug-likeness (QED) is 0.582. The molecule has 0 saturated heterocycles. The zero-order valence-corrected chi connectivity index (χ0v) is 14.2. The molecule has 0 aliphatic heterocycles. The third kappa shape index (κ3) is 3.34. The Balaban J connectivity index is 1.61. The molecule has 0 spiro atoms. The number of halogens is 2. The summed E-state index contributed by atoms with van der Waals surface area (Å²) in [5, 5.41) is 10.2. The van der Waals surface area contributed by atoms with E-state index in [1.807, 2.05) is 0 Å². The predicted molar refractivity (Wildman–Crippen MR) is 95.9 cm³/mol. The molecule has 140 valence electrons. The molecule has 2 heterocycles. The third-order valence-corrected chi connectivity index (χ3v) is 3.92. The third-order valence-electron chi connectivity index (χ3n) is 3.92. The first kappa shape index (κ1) is 17.5. The lowest BCUT2D eigenvalue weighted by Gasteiger charge is -2.07. The van der Waals surface area contributed by atoms with Crippen molar-refractivity contribution in [3.63, 3.8) is 0 Å². The van der Waals surface area contributed by atoms with Gasteiger partial charge in [0, 0.05) is 5.69 Å². The highest BCUT2D eigenvalue weighted by molar-refractivity contribution is 5.90. The SMILES string of the molecule is O=C(Cn1cnc2c(nnn2-c2ccc(F)cc2)c1=O)Nc1cccc(F)c1. The lowest BCUT2D eigenvalue weighted by atomic mass is 10.3. The van der Waals surface area contributed by atoms with Gasteiger partial charge in [0.25, 0.3) is 5.56 Å². The average molecular weight is 382 g/mol. The van der Waals surface area contributed by atoms with Gasteiger partial charge in [-0.3, -0.25) is 14.2 Å². The molecular formula is C18H12F2N6O2. The Hall–Kier alpha value is -3.95. The van der Waals surface area contributed by atoms with Crippen LogP contribution in [0.3, 0.4) is 0 Å². The number of anilines is 1. The van der Waals surface area contributed by atoms with Gasteiger partial charge < -0.3 is 5.32 Å². The van der Waals surface area contributed by atoms with Crippen molar-refractivity contribution in [2.24, 2.45) is 0 Å². The minimum Gasteiger partial charge on any atom is -0.324 e. The zero-order chi connectivity index (χ0) is 19.7. The first-order valence-electron chi connectivity index (χ1n) is 8.13. The topological polar surface area (TPSA) is 94.7 Å². The van der Waals surface area contributed by atoms with E-state index < -0.39 is 23.1 Å². The molecule has 1 N–H and O–H groups in total. The summed E-state index contributed by atoms with van der Waals surface area (Å²) in [5.41, 5.74) is 0.336. The molecule has 10 heteroatoms. The van der Waals surface area contributed by atoms with Crippen molar-refractivity contribution in [2.75, 3.05) is 5.32 Å². The molecule has 8 nitrogen and oxygen atoms in total. The van der Waals surface area contributed by atoms with Crippen LogP contribution in [0.1, 0.15) is 0 Å². The van der Waals surface area contributed by atoms with Gasteiger partial charge >= 0.3 is 0 Å². The Labute approximate surface area is 156 Å². The minimum absolute atomic E-state index is 0.0367. The van der Waals surface area contributed by atoms with Crippen molar-refractivity contribution in [1.29, 1.82) is 0 Å². The van der Waals surface area contributed by atoms with Gasteiger partial charge in [-0.1, -0.05) is 11.3 Å². The molecule has 28 heavy (non-hydrogen) atoms. The van der Waals surface area contributed by atoms with E-state index >= 15 is 0 Å². The number of fused-ring (bicyclic) bond motifs is 1. The smallest absolute Gasteiger partial charge is 0.284 e. The highest BCUT2D eigenvalue weighted by atomic mass is 19.1. The van der Waals surface area contributed by atoms with Crippen LogP contribution in [0.2, 0.25) is 0 Å². The number of benzene rings is 2. The van der Waals surface area contributed by atoms with Crippen LogP contribution >= 0.6 is 0 Å². The molecule has 4 rings (SSSR count). The van der Waals surface area contributed by atoms with E-state index in [0.717, 1.165) is 10.6 Å². The molecule has 0 aliphatic rings. The number of carbonyl (C=O) groups is 1. The maximum atomic E-state index is 13.2. The first-order valence-corrected chi connectivity index (χ1v) is 8.13. The maximum Gasteiger partial charge on any atom is 0.284 e. The monoisotopic (exact) mass is 382 g/mol. The highest BCUT2D eigenvalue weighted by Crippen LogP contribution is 2.13. The standard InChI is InChI=1S/C18H12F2N6O2/c19-11-4-6-14(7-5-11)26-17-16(23-24-26)18(28)25(10-21-17)9-15(27)22-13-3-1-2-12(20)8-13/h1-8,10H,9H2,(H,22,27). The molecular weight excluding hydrogens is 370 g/mol. The van der Waals surface area contributed by atoms with Crippen molar-refractivity contribution in [3.05, 3.63) is 76.8 Å². The fourth-order valence-electron chi connectivity index (χ4n) is 2.63. The summed E-state index contributed by atoms with van der Waals surface area (Å²) in [7, 11) is 0. The van der Waals surface area contributed by atoms with Crippen molar-refractivity contribution in [3.8, 4) is 5.69 Å². The average Bonchev–Trinajstić information content (AvgIpc) is 3.09. The van der Waals surface area contributed by atoms with Gasteiger partial charge in [-0.05, 0) is 42.5 Å². The summed E-state index contributed by atoms with van der Waals surface area (Å²) in [6.07, 6.45) is 1.19. The zero-order valence-electron chi connectivity index (χ0n) is 14.2. The molecule has 0 radical (unpaired) electrons. The van der Waals surface area contributed by atoms with Crippen LogP contribution in [0.15, 0.2) is 59.7 Å². The molecule has 0 aliphatic carbocycles. The summed E-state index contributed by atoms with van der Waals surface area (Å²) in [6, 6.07) is 10.9. The fourth-order valence-corrected chi connectivity index (χ4v) is 2.63. The van der Waals surface area contributed by atoms with Gasteiger partial charge in [0.1, 0.15) is 24.5 Å². The van der Waals surface area contributed by atoms with Gasteiger partial charge in [-0.2, -0.15) is 4.68 Å². The van der Waals surface area contributed by atoms with Crippen LogP contribution in [0, 0.1) is 11.6 Å². The van der Waals surface area contributed by atoms with Crippen molar-refractivity contribution >= 4 is 22.8 Å². The Bertz CT molecular complexity index is 1230. The first-order chi connectivity index (χ1) is 13.5. The largest absolute Gasteiger partial charge is 0.324 e. The number of hydrogen-bond donors (Lipinski definition) is 1. The molecule has 0 atom stereocenters. The number of amides is 1. The van der Waals surface area contributed by atoms with Crippen LogP contribution in [0.5, 0.6) is 0 Å². The van der Waals surface area contributed by atoms with Crippen molar-refractivity contribution < 1.29 is 13.6 Å². The van der Waals surface area contributed by atoms with Crippen LogP contribution in [0.25, 0.3) is 16.9 Å². The van der Waals surface area contributed by atoms with E-state index in [4.69, 9.17) is 0 Å². The van der Waals surface area contributed by atoms with Crippen LogP contribution in [-0.2, 0) is 11.3 Å².